The Hall–Kier alpha value is -1.91. The first-order chi connectivity index (χ1) is 9.70. The summed E-state index contributed by atoms with van der Waals surface area (Å²) in [4.78, 5) is 0. The highest BCUT2D eigenvalue weighted by Crippen LogP contribution is 2.62. The molecule has 1 aromatic carbocycles. The molecule has 2 aliphatic rings. The highest BCUT2D eigenvalue weighted by Gasteiger charge is 2.54. The Kier molecular flexibility index (Phi) is 2.40. The molecule has 2 fully saturated rings. The summed E-state index contributed by atoms with van der Waals surface area (Å²) in [7, 11) is 0. The van der Waals surface area contributed by atoms with Gasteiger partial charge in [0.2, 0.25) is 0 Å². The van der Waals surface area contributed by atoms with Crippen molar-refractivity contribution in [3.8, 4) is 11.4 Å². The second-order valence-corrected chi connectivity index (χ2v) is 6.33. The van der Waals surface area contributed by atoms with E-state index < -0.39 is 0 Å². The van der Waals surface area contributed by atoms with E-state index in [4.69, 9.17) is 5.73 Å². The Bertz CT molecular complexity index is 652. The van der Waals surface area contributed by atoms with Crippen LogP contribution in [-0.4, -0.2) is 20.2 Å². The third kappa shape index (κ3) is 1.80. The molecular formula is C15H19N5. The number of aromatic nitrogens is 4. The molecule has 0 unspecified atom stereocenters. The molecule has 104 valence electrons. The minimum absolute atomic E-state index is 0.475. The van der Waals surface area contributed by atoms with E-state index in [0.717, 1.165) is 35.1 Å². The van der Waals surface area contributed by atoms with Crippen molar-refractivity contribution >= 4 is 5.69 Å². The minimum atomic E-state index is 0.475. The lowest BCUT2D eigenvalue weighted by molar-refractivity contribution is 0.348. The number of anilines is 1. The maximum absolute atomic E-state index is 6.19. The number of hydrogen-bond acceptors (Lipinski definition) is 4. The monoisotopic (exact) mass is 269 g/mol. The van der Waals surface area contributed by atoms with Gasteiger partial charge in [-0.25, -0.2) is 4.68 Å². The van der Waals surface area contributed by atoms with Crippen molar-refractivity contribution in [3.63, 3.8) is 0 Å². The van der Waals surface area contributed by atoms with Gasteiger partial charge >= 0.3 is 0 Å². The Morgan fingerprint density at radius 1 is 1.35 bits per heavy atom. The van der Waals surface area contributed by atoms with Crippen LogP contribution in [0.5, 0.6) is 0 Å². The SMILES string of the molecule is Cc1cccc(-c2nnnn2CC2(C3CC3)CC2)c1N. The molecule has 0 amide bonds. The first-order valence-electron chi connectivity index (χ1n) is 7.31. The summed E-state index contributed by atoms with van der Waals surface area (Å²) in [5, 5.41) is 12.3. The lowest BCUT2D eigenvalue weighted by Gasteiger charge is -2.15. The van der Waals surface area contributed by atoms with Crippen molar-refractivity contribution in [1.29, 1.82) is 0 Å². The maximum Gasteiger partial charge on any atom is 0.184 e. The zero-order valence-corrected chi connectivity index (χ0v) is 11.7. The molecule has 1 heterocycles. The van der Waals surface area contributed by atoms with E-state index >= 15 is 0 Å². The first-order valence-corrected chi connectivity index (χ1v) is 7.31. The van der Waals surface area contributed by atoms with Crippen molar-refractivity contribution in [2.45, 2.75) is 39.2 Å². The van der Waals surface area contributed by atoms with Gasteiger partial charge in [0.15, 0.2) is 5.82 Å². The van der Waals surface area contributed by atoms with Crippen LogP contribution in [0.2, 0.25) is 0 Å². The Labute approximate surface area is 118 Å². The van der Waals surface area contributed by atoms with E-state index in [0.29, 0.717) is 5.41 Å². The fourth-order valence-corrected chi connectivity index (χ4v) is 3.23. The molecule has 0 spiro atoms. The van der Waals surface area contributed by atoms with Crippen molar-refractivity contribution in [1.82, 2.24) is 20.2 Å². The van der Waals surface area contributed by atoms with Gasteiger partial charge in [-0.3, -0.25) is 0 Å². The standard InChI is InChI=1S/C15H19N5/c1-10-3-2-4-12(13(10)16)14-17-18-19-20(14)9-15(7-8-15)11-5-6-11/h2-4,11H,5-9,16H2,1H3. The summed E-state index contributed by atoms with van der Waals surface area (Å²) >= 11 is 0. The topological polar surface area (TPSA) is 69.6 Å². The predicted molar refractivity (Wildman–Crippen MR) is 76.8 cm³/mol. The van der Waals surface area contributed by atoms with Crippen LogP contribution in [0.3, 0.4) is 0 Å². The van der Waals surface area contributed by atoms with Crippen LogP contribution >= 0.6 is 0 Å². The van der Waals surface area contributed by atoms with Gasteiger partial charge in [0.1, 0.15) is 0 Å². The fraction of sp³-hybridized carbons (Fsp3) is 0.533. The molecule has 2 N–H and O–H groups in total. The summed E-state index contributed by atoms with van der Waals surface area (Å²) in [5.41, 5.74) is 9.45. The van der Waals surface area contributed by atoms with Crippen molar-refractivity contribution < 1.29 is 0 Å². The largest absolute Gasteiger partial charge is 0.398 e. The molecule has 5 heteroatoms. The van der Waals surface area contributed by atoms with Gasteiger partial charge in [0.05, 0.1) is 6.54 Å². The van der Waals surface area contributed by atoms with Crippen molar-refractivity contribution in [2.75, 3.05) is 5.73 Å². The van der Waals surface area contributed by atoms with E-state index in [9.17, 15) is 0 Å². The molecule has 2 saturated carbocycles. The summed E-state index contributed by atoms with van der Waals surface area (Å²) in [6.45, 7) is 2.95. The van der Waals surface area contributed by atoms with E-state index in [1.165, 1.54) is 25.7 Å². The molecule has 1 aromatic heterocycles. The Morgan fingerprint density at radius 2 is 2.15 bits per heavy atom. The second-order valence-electron chi connectivity index (χ2n) is 6.33. The molecule has 5 nitrogen and oxygen atoms in total. The summed E-state index contributed by atoms with van der Waals surface area (Å²) in [5.74, 6) is 1.70. The van der Waals surface area contributed by atoms with Gasteiger partial charge in [-0.15, -0.1) is 5.10 Å². The number of hydrogen-bond donors (Lipinski definition) is 1. The number of nitrogen functional groups attached to an aromatic ring is 1. The molecule has 4 rings (SSSR count). The molecule has 2 aromatic rings. The van der Waals surface area contributed by atoms with Crippen molar-refractivity contribution in [2.24, 2.45) is 11.3 Å². The van der Waals surface area contributed by atoms with Crippen LogP contribution in [0.25, 0.3) is 11.4 Å². The molecule has 2 aliphatic carbocycles. The van der Waals surface area contributed by atoms with Crippen LogP contribution in [0.15, 0.2) is 18.2 Å². The molecule has 0 aliphatic heterocycles. The van der Waals surface area contributed by atoms with Gasteiger partial charge in [-0.1, -0.05) is 12.1 Å². The number of nitrogens with zero attached hydrogens (tertiary/aromatic N) is 4. The molecule has 0 bridgehead atoms. The number of para-hydroxylation sites is 1. The molecule has 20 heavy (non-hydrogen) atoms. The molecular weight excluding hydrogens is 250 g/mol. The van der Waals surface area contributed by atoms with Crippen LogP contribution in [-0.2, 0) is 6.54 Å². The highest BCUT2D eigenvalue weighted by molar-refractivity contribution is 5.73. The van der Waals surface area contributed by atoms with E-state index in [1.54, 1.807) is 0 Å². The molecule has 0 saturated heterocycles. The van der Waals surface area contributed by atoms with Gasteiger partial charge in [0, 0.05) is 11.3 Å². The number of aryl methyl sites for hydroxylation is 1. The highest BCUT2D eigenvalue weighted by atomic mass is 15.5. The zero-order chi connectivity index (χ0) is 13.7. The third-order valence-electron chi connectivity index (χ3n) is 4.90. The first kappa shape index (κ1) is 11.9. The van der Waals surface area contributed by atoms with Crippen LogP contribution in [0, 0.1) is 18.3 Å². The van der Waals surface area contributed by atoms with Gasteiger partial charge in [-0.2, -0.15) is 0 Å². The lowest BCUT2D eigenvalue weighted by Crippen LogP contribution is -2.16. The summed E-state index contributed by atoms with van der Waals surface area (Å²) < 4.78 is 1.95. The average molecular weight is 269 g/mol. The average Bonchev–Trinajstić information content (AvgIpc) is 3.32. The number of rotatable bonds is 4. The Morgan fingerprint density at radius 3 is 2.85 bits per heavy atom. The normalized spacial score (nSPS) is 20.1. The van der Waals surface area contributed by atoms with Gasteiger partial charge < -0.3 is 5.73 Å². The summed E-state index contributed by atoms with van der Waals surface area (Å²) in [6, 6.07) is 6.02. The number of benzene rings is 1. The number of nitrogens with two attached hydrogens (primary N) is 1. The predicted octanol–water partition coefficient (Wildman–Crippen LogP) is 2.42. The van der Waals surface area contributed by atoms with E-state index in [1.807, 2.05) is 29.8 Å². The molecule has 0 radical (unpaired) electrons. The fourth-order valence-electron chi connectivity index (χ4n) is 3.23. The lowest BCUT2D eigenvalue weighted by atomic mass is 10.0. The smallest absolute Gasteiger partial charge is 0.184 e. The number of tetrazole rings is 1. The van der Waals surface area contributed by atoms with Crippen molar-refractivity contribution in [3.05, 3.63) is 23.8 Å². The van der Waals surface area contributed by atoms with E-state index in [-0.39, 0.29) is 0 Å². The minimum Gasteiger partial charge on any atom is -0.398 e. The van der Waals surface area contributed by atoms with Gasteiger partial charge in [-0.05, 0) is 66.0 Å². The summed E-state index contributed by atoms with van der Waals surface area (Å²) in [6.07, 6.45) is 5.40. The molecule has 0 atom stereocenters. The third-order valence-corrected chi connectivity index (χ3v) is 4.90. The van der Waals surface area contributed by atoms with Crippen LogP contribution < -0.4 is 5.73 Å². The Balaban J connectivity index is 1.69. The maximum atomic E-state index is 6.19. The quantitative estimate of drug-likeness (QED) is 0.865. The van der Waals surface area contributed by atoms with Crippen LogP contribution in [0.4, 0.5) is 5.69 Å². The zero-order valence-electron chi connectivity index (χ0n) is 11.7. The van der Waals surface area contributed by atoms with Gasteiger partial charge in [0.25, 0.3) is 0 Å². The second kappa shape index (κ2) is 4.04. The van der Waals surface area contributed by atoms with Crippen LogP contribution in [0.1, 0.15) is 31.2 Å². The van der Waals surface area contributed by atoms with E-state index in [2.05, 4.69) is 15.5 Å².